The SMILES string of the molecule is CC(C)NC(=N)C(C)CC1CC1. The molecule has 1 aliphatic carbocycles. The lowest BCUT2D eigenvalue weighted by molar-refractivity contribution is 0.582. The van der Waals surface area contributed by atoms with Crippen molar-refractivity contribution in [1.29, 1.82) is 5.41 Å². The smallest absolute Gasteiger partial charge is 0.0962 e. The van der Waals surface area contributed by atoms with Crippen LogP contribution in [0.4, 0.5) is 0 Å². The van der Waals surface area contributed by atoms with Crippen molar-refractivity contribution in [2.45, 2.75) is 46.1 Å². The molecule has 2 heteroatoms. The molecule has 12 heavy (non-hydrogen) atoms. The Morgan fingerprint density at radius 1 is 1.42 bits per heavy atom. The van der Waals surface area contributed by atoms with Crippen molar-refractivity contribution in [2.75, 3.05) is 0 Å². The van der Waals surface area contributed by atoms with E-state index in [1.165, 1.54) is 19.3 Å². The fraction of sp³-hybridized carbons (Fsp3) is 0.900. The highest BCUT2D eigenvalue weighted by Crippen LogP contribution is 2.35. The summed E-state index contributed by atoms with van der Waals surface area (Å²) >= 11 is 0. The maximum atomic E-state index is 7.74. The first kappa shape index (κ1) is 9.56. The van der Waals surface area contributed by atoms with Gasteiger partial charge in [0.05, 0.1) is 5.84 Å². The Kier molecular flexibility index (Phi) is 3.12. The van der Waals surface area contributed by atoms with E-state index in [1.54, 1.807) is 0 Å². The molecule has 1 atom stereocenters. The van der Waals surface area contributed by atoms with Crippen molar-refractivity contribution in [3.05, 3.63) is 0 Å². The van der Waals surface area contributed by atoms with Crippen LogP contribution in [-0.4, -0.2) is 11.9 Å². The zero-order chi connectivity index (χ0) is 9.14. The van der Waals surface area contributed by atoms with Gasteiger partial charge in [-0.25, -0.2) is 0 Å². The third kappa shape index (κ3) is 3.24. The molecule has 0 amide bonds. The van der Waals surface area contributed by atoms with E-state index < -0.39 is 0 Å². The maximum absolute atomic E-state index is 7.74. The summed E-state index contributed by atoms with van der Waals surface area (Å²) in [6, 6.07) is 0.402. The molecule has 0 aliphatic heterocycles. The molecule has 0 bridgehead atoms. The van der Waals surface area contributed by atoms with Crippen LogP contribution < -0.4 is 5.32 Å². The number of hydrogen-bond acceptors (Lipinski definition) is 1. The van der Waals surface area contributed by atoms with Gasteiger partial charge in [0.15, 0.2) is 0 Å². The molecular formula is C10H20N2. The van der Waals surface area contributed by atoms with Crippen molar-refractivity contribution >= 4 is 5.84 Å². The zero-order valence-electron chi connectivity index (χ0n) is 8.35. The van der Waals surface area contributed by atoms with Crippen molar-refractivity contribution in [1.82, 2.24) is 5.32 Å². The van der Waals surface area contributed by atoms with E-state index in [0.29, 0.717) is 12.0 Å². The van der Waals surface area contributed by atoms with E-state index in [0.717, 1.165) is 11.8 Å². The second-order valence-electron chi connectivity index (χ2n) is 4.29. The van der Waals surface area contributed by atoms with Gasteiger partial charge in [-0.05, 0) is 26.2 Å². The van der Waals surface area contributed by atoms with Crippen LogP contribution in [0, 0.1) is 17.2 Å². The first-order chi connectivity index (χ1) is 5.59. The number of rotatable bonds is 4. The minimum absolute atomic E-state index is 0.402. The summed E-state index contributed by atoms with van der Waals surface area (Å²) < 4.78 is 0. The topological polar surface area (TPSA) is 35.9 Å². The highest BCUT2D eigenvalue weighted by atomic mass is 15.0. The van der Waals surface area contributed by atoms with Crippen molar-refractivity contribution in [2.24, 2.45) is 11.8 Å². The number of hydrogen-bond donors (Lipinski definition) is 2. The Morgan fingerprint density at radius 3 is 2.42 bits per heavy atom. The lowest BCUT2D eigenvalue weighted by Crippen LogP contribution is -2.34. The van der Waals surface area contributed by atoms with E-state index in [-0.39, 0.29) is 0 Å². The van der Waals surface area contributed by atoms with Gasteiger partial charge in [-0.1, -0.05) is 19.8 Å². The predicted molar refractivity (Wildman–Crippen MR) is 52.5 cm³/mol. The van der Waals surface area contributed by atoms with Crippen molar-refractivity contribution in [3.63, 3.8) is 0 Å². The lowest BCUT2D eigenvalue weighted by atomic mass is 10.0. The average Bonchev–Trinajstić information content (AvgIpc) is 2.70. The van der Waals surface area contributed by atoms with Gasteiger partial charge in [0.25, 0.3) is 0 Å². The average molecular weight is 168 g/mol. The van der Waals surface area contributed by atoms with Crippen molar-refractivity contribution < 1.29 is 0 Å². The molecule has 1 rings (SSSR count). The van der Waals surface area contributed by atoms with Crippen LogP contribution >= 0.6 is 0 Å². The van der Waals surface area contributed by atoms with Crippen LogP contribution in [-0.2, 0) is 0 Å². The van der Waals surface area contributed by atoms with Crippen LogP contribution in [0.2, 0.25) is 0 Å². The standard InChI is InChI=1S/C10H20N2/c1-7(2)12-10(11)8(3)6-9-4-5-9/h7-9H,4-6H2,1-3H3,(H2,11,12). The summed E-state index contributed by atoms with van der Waals surface area (Å²) in [4.78, 5) is 0. The molecular weight excluding hydrogens is 148 g/mol. The summed E-state index contributed by atoms with van der Waals surface area (Å²) in [5, 5.41) is 10.9. The first-order valence-electron chi connectivity index (χ1n) is 4.94. The van der Waals surface area contributed by atoms with Crippen LogP contribution in [0.1, 0.15) is 40.0 Å². The van der Waals surface area contributed by atoms with Gasteiger partial charge in [0.1, 0.15) is 0 Å². The van der Waals surface area contributed by atoms with Gasteiger partial charge in [-0.15, -0.1) is 0 Å². The molecule has 0 heterocycles. The Bertz CT molecular complexity index is 159. The minimum Gasteiger partial charge on any atom is -0.372 e. The molecule has 0 aromatic carbocycles. The third-order valence-corrected chi connectivity index (χ3v) is 2.32. The second-order valence-corrected chi connectivity index (χ2v) is 4.29. The molecule has 2 nitrogen and oxygen atoms in total. The van der Waals surface area contributed by atoms with Gasteiger partial charge in [0.2, 0.25) is 0 Å². The maximum Gasteiger partial charge on any atom is 0.0962 e. The molecule has 1 saturated carbocycles. The van der Waals surface area contributed by atoms with E-state index in [1.807, 2.05) is 0 Å². The Morgan fingerprint density at radius 2 is 2.00 bits per heavy atom. The first-order valence-corrected chi connectivity index (χ1v) is 4.94. The quantitative estimate of drug-likeness (QED) is 0.491. The molecule has 0 aromatic rings. The number of nitrogens with one attached hydrogen (secondary N) is 2. The Balaban J connectivity index is 2.19. The summed E-state index contributed by atoms with van der Waals surface area (Å²) in [6.45, 7) is 6.31. The summed E-state index contributed by atoms with van der Waals surface area (Å²) in [5.74, 6) is 2.08. The second kappa shape index (κ2) is 3.92. The monoisotopic (exact) mass is 168 g/mol. The Hall–Kier alpha value is -0.530. The third-order valence-electron chi connectivity index (χ3n) is 2.32. The molecule has 0 saturated heterocycles. The largest absolute Gasteiger partial charge is 0.372 e. The minimum atomic E-state index is 0.402. The summed E-state index contributed by atoms with van der Waals surface area (Å²) in [5.41, 5.74) is 0. The van der Waals surface area contributed by atoms with Crippen LogP contribution in [0.3, 0.4) is 0 Å². The van der Waals surface area contributed by atoms with Crippen LogP contribution in [0.15, 0.2) is 0 Å². The van der Waals surface area contributed by atoms with Crippen LogP contribution in [0.5, 0.6) is 0 Å². The van der Waals surface area contributed by atoms with Gasteiger partial charge in [-0.2, -0.15) is 0 Å². The fourth-order valence-electron chi connectivity index (χ4n) is 1.42. The van der Waals surface area contributed by atoms with E-state index in [4.69, 9.17) is 5.41 Å². The number of amidine groups is 1. The van der Waals surface area contributed by atoms with Gasteiger partial charge in [-0.3, -0.25) is 5.41 Å². The normalized spacial score (nSPS) is 19.3. The van der Waals surface area contributed by atoms with Crippen LogP contribution in [0.25, 0.3) is 0 Å². The lowest BCUT2D eigenvalue weighted by Gasteiger charge is -2.16. The van der Waals surface area contributed by atoms with Crippen molar-refractivity contribution in [3.8, 4) is 0 Å². The van der Waals surface area contributed by atoms with E-state index in [2.05, 4.69) is 26.1 Å². The van der Waals surface area contributed by atoms with Gasteiger partial charge >= 0.3 is 0 Å². The highest BCUT2D eigenvalue weighted by Gasteiger charge is 2.25. The molecule has 0 spiro atoms. The summed E-state index contributed by atoms with van der Waals surface area (Å²) in [6.07, 6.45) is 3.98. The van der Waals surface area contributed by atoms with E-state index >= 15 is 0 Å². The molecule has 70 valence electrons. The molecule has 0 radical (unpaired) electrons. The van der Waals surface area contributed by atoms with E-state index in [9.17, 15) is 0 Å². The van der Waals surface area contributed by atoms with Gasteiger partial charge < -0.3 is 5.32 Å². The molecule has 1 fully saturated rings. The summed E-state index contributed by atoms with van der Waals surface area (Å²) in [7, 11) is 0. The predicted octanol–water partition coefficient (Wildman–Crippen LogP) is 2.40. The molecule has 0 aromatic heterocycles. The molecule has 2 N–H and O–H groups in total. The van der Waals surface area contributed by atoms with Gasteiger partial charge in [0, 0.05) is 12.0 Å². The molecule has 1 aliphatic rings. The fourth-order valence-corrected chi connectivity index (χ4v) is 1.42. The molecule has 1 unspecified atom stereocenters. The zero-order valence-corrected chi connectivity index (χ0v) is 8.35. The Labute approximate surface area is 75.3 Å². The highest BCUT2D eigenvalue weighted by molar-refractivity contribution is 5.81.